The summed E-state index contributed by atoms with van der Waals surface area (Å²) in [6, 6.07) is 0. The van der Waals surface area contributed by atoms with Crippen LogP contribution in [-0.4, -0.2) is 3.78 Å². The summed E-state index contributed by atoms with van der Waals surface area (Å²) in [7, 11) is 0. The molecule has 0 rings (SSSR count). The highest BCUT2D eigenvalue weighted by atomic mass is 79.9. The molecule has 0 spiro atoms. The van der Waals surface area contributed by atoms with Crippen molar-refractivity contribution in [3.05, 3.63) is 12.7 Å². The van der Waals surface area contributed by atoms with Crippen molar-refractivity contribution in [2.24, 2.45) is 0 Å². The molecule has 2 heteroatoms. The fourth-order valence-electron chi connectivity index (χ4n) is 0.679. The summed E-state index contributed by atoms with van der Waals surface area (Å²) in [6.45, 7) is 5.73. The molecule has 1 atom stereocenters. The smallest absolute Gasteiger partial charge is 0.103 e. The molecule has 0 aliphatic rings. The van der Waals surface area contributed by atoms with E-state index in [9.17, 15) is 0 Å². The van der Waals surface area contributed by atoms with Crippen LogP contribution >= 0.6 is 27.5 Å². The van der Waals surface area contributed by atoms with Crippen LogP contribution in [0.15, 0.2) is 12.7 Å². The third-order valence-corrected chi connectivity index (χ3v) is 2.12. The summed E-state index contributed by atoms with van der Waals surface area (Å²) in [4.78, 5) is 0. The molecule has 0 fully saturated rings. The van der Waals surface area contributed by atoms with Gasteiger partial charge in [0.15, 0.2) is 0 Å². The van der Waals surface area contributed by atoms with E-state index < -0.39 is 0 Å². The van der Waals surface area contributed by atoms with Gasteiger partial charge in [0.1, 0.15) is 3.78 Å². The lowest BCUT2D eigenvalue weighted by Gasteiger charge is -2.15. The Morgan fingerprint density at radius 2 is 2.33 bits per heavy atom. The van der Waals surface area contributed by atoms with Crippen molar-refractivity contribution in [2.75, 3.05) is 0 Å². The molecule has 0 aliphatic heterocycles. The lowest BCUT2D eigenvalue weighted by atomic mass is 10.2. The van der Waals surface area contributed by atoms with Gasteiger partial charge in [-0.15, -0.1) is 18.2 Å². The number of allylic oxidation sites excluding steroid dienone is 1. The van der Waals surface area contributed by atoms with Crippen molar-refractivity contribution < 1.29 is 0 Å². The molecule has 0 aromatic heterocycles. The number of hydrogen-bond donors (Lipinski definition) is 0. The van der Waals surface area contributed by atoms with Crippen LogP contribution < -0.4 is 0 Å². The topological polar surface area (TPSA) is 0 Å². The van der Waals surface area contributed by atoms with E-state index in [-0.39, 0.29) is 3.78 Å². The van der Waals surface area contributed by atoms with Gasteiger partial charge in [0.25, 0.3) is 0 Å². The van der Waals surface area contributed by atoms with Crippen molar-refractivity contribution in [1.82, 2.24) is 0 Å². The average molecular weight is 212 g/mol. The molecule has 0 amide bonds. The van der Waals surface area contributed by atoms with Gasteiger partial charge in [0, 0.05) is 0 Å². The van der Waals surface area contributed by atoms with Crippen LogP contribution in [-0.2, 0) is 0 Å². The van der Waals surface area contributed by atoms with E-state index in [0.29, 0.717) is 0 Å². The Morgan fingerprint density at radius 1 is 1.78 bits per heavy atom. The largest absolute Gasteiger partial charge is 0.106 e. The molecular weight excluding hydrogens is 199 g/mol. The molecule has 0 saturated heterocycles. The van der Waals surface area contributed by atoms with Gasteiger partial charge >= 0.3 is 0 Å². The highest BCUT2D eigenvalue weighted by Crippen LogP contribution is 2.32. The van der Waals surface area contributed by atoms with Crippen LogP contribution in [0, 0.1) is 0 Å². The van der Waals surface area contributed by atoms with Gasteiger partial charge in [-0.1, -0.05) is 35.4 Å². The summed E-state index contributed by atoms with van der Waals surface area (Å²) < 4.78 is -0.233. The van der Waals surface area contributed by atoms with Gasteiger partial charge in [0.2, 0.25) is 0 Å². The summed E-state index contributed by atoms with van der Waals surface area (Å²) in [5.41, 5.74) is 0. The molecule has 0 bridgehead atoms. The third-order valence-electron chi connectivity index (χ3n) is 1.06. The molecule has 0 heterocycles. The molecule has 0 nitrogen and oxygen atoms in total. The number of halogens is 2. The molecule has 0 N–H and O–H groups in total. The minimum atomic E-state index is -0.233. The van der Waals surface area contributed by atoms with E-state index >= 15 is 0 Å². The molecule has 1 unspecified atom stereocenters. The van der Waals surface area contributed by atoms with Crippen molar-refractivity contribution in [3.8, 4) is 0 Å². The number of hydrogen-bond acceptors (Lipinski definition) is 0. The number of rotatable bonds is 4. The Balaban J connectivity index is 3.55. The predicted octanol–water partition coefficient (Wildman–Crippen LogP) is 3.69. The molecule has 9 heavy (non-hydrogen) atoms. The second-order valence-electron chi connectivity index (χ2n) is 2.10. The van der Waals surface area contributed by atoms with E-state index in [2.05, 4.69) is 29.4 Å². The quantitative estimate of drug-likeness (QED) is 0.491. The minimum Gasteiger partial charge on any atom is -0.106 e. The first-order valence-electron chi connectivity index (χ1n) is 3.11. The fraction of sp³-hybridized carbons (Fsp3) is 0.714. The van der Waals surface area contributed by atoms with E-state index in [0.717, 1.165) is 19.3 Å². The van der Waals surface area contributed by atoms with Crippen LogP contribution in [0.1, 0.15) is 26.2 Å². The molecular formula is C7H12BrCl. The Labute approximate surface area is 70.4 Å². The van der Waals surface area contributed by atoms with Crippen molar-refractivity contribution in [3.63, 3.8) is 0 Å². The van der Waals surface area contributed by atoms with Crippen molar-refractivity contribution in [2.45, 2.75) is 30.0 Å². The van der Waals surface area contributed by atoms with Crippen LogP contribution in [0.4, 0.5) is 0 Å². The van der Waals surface area contributed by atoms with Crippen LogP contribution in [0.2, 0.25) is 0 Å². The lowest BCUT2D eigenvalue weighted by Crippen LogP contribution is -2.08. The summed E-state index contributed by atoms with van der Waals surface area (Å²) in [5, 5.41) is 0. The molecule has 0 aromatic carbocycles. The lowest BCUT2D eigenvalue weighted by molar-refractivity contribution is 0.705. The maximum atomic E-state index is 5.98. The molecule has 0 aromatic rings. The van der Waals surface area contributed by atoms with E-state index in [4.69, 9.17) is 11.6 Å². The normalized spacial score (nSPS) is 16.8. The Bertz CT molecular complexity index is 88.9. The summed E-state index contributed by atoms with van der Waals surface area (Å²) in [6.07, 6.45) is 4.74. The first-order chi connectivity index (χ1) is 4.12. The van der Waals surface area contributed by atoms with Gasteiger partial charge < -0.3 is 0 Å². The van der Waals surface area contributed by atoms with Crippen LogP contribution in [0.25, 0.3) is 0 Å². The van der Waals surface area contributed by atoms with Gasteiger partial charge in [-0.2, -0.15) is 0 Å². The minimum absolute atomic E-state index is 0.233. The van der Waals surface area contributed by atoms with E-state index in [1.165, 1.54) is 0 Å². The Kier molecular flexibility index (Phi) is 4.59. The molecule has 0 aliphatic carbocycles. The first kappa shape index (κ1) is 9.51. The summed E-state index contributed by atoms with van der Waals surface area (Å²) >= 11 is 9.38. The molecule has 0 saturated carbocycles. The monoisotopic (exact) mass is 210 g/mol. The van der Waals surface area contributed by atoms with E-state index in [1.54, 1.807) is 0 Å². The van der Waals surface area contributed by atoms with Crippen molar-refractivity contribution in [1.29, 1.82) is 0 Å². The highest BCUT2D eigenvalue weighted by molar-refractivity contribution is 9.10. The predicted molar refractivity (Wildman–Crippen MR) is 47.2 cm³/mol. The fourth-order valence-corrected chi connectivity index (χ4v) is 1.60. The van der Waals surface area contributed by atoms with Crippen LogP contribution in [0.3, 0.4) is 0 Å². The molecule has 0 radical (unpaired) electrons. The second-order valence-corrected chi connectivity index (χ2v) is 4.80. The van der Waals surface area contributed by atoms with Crippen LogP contribution in [0.5, 0.6) is 0 Å². The third kappa shape index (κ3) is 4.98. The molecule has 54 valence electrons. The zero-order chi connectivity index (χ0) is 7.33. The standard InChI is InChI=1S/C7H12BrCl/c1-3-5-7(8,9)6-4-2/h3H,1,4-6H2,2H3. The average Bonchev–Trinajstić information content (AvgIpc) is 1.64. The zero-order valence-corrected chi connectivity index (χ0v) is 8.00. The Morgan fingerprint density at radius 3 is 2.67 bits per heavy atom. The maximum Gasteiger partial charge on any atom is 0.103 e. The number of alkyl halides is 2. The summed E-state index contributed by atoms with van der Waals surface area (Å²) in [5.74, 6) is 0. The highest BCUT2D eigenvalue weighted by Gasteiger charge is 2.18. The van der Waals surface area contributed by atoms with E-state index in [1.807, 2.05) is 6.08 Å². The van der Waals surface area contributed by atoms with Gasteiger partial charge in [-0.05, 0) is 12.8 Å². The maximum absolute atomic E-state index is 5.98. The first-order valence-corrected chi connectivity index (χ1v) is 4.28. The zero-order valence-electron chi connectivity index (χ0n) is 5.66. The van der Waals surface area contributed by atoms with Gasteiger partial charge in [-0.3, -0.25) is 0 Å². The van der Waals surface area contributed by atoms with Gasteiger partial charge in [-0.25, -0.2) is 0 Å². The Hall–Kier alpha value is 0.510. The van der Waals surface area contributed by atoms with Crippen molar-refractivity contribution >= 4 is 27.5 Å². The van der Waals surface area contributed by atoms with Gasteiger partial charge in [0.05, 0.1) is 0 Å². The second kappa shape index (κ2) is 4.35. The SMILES string of the molecule is C=CCC(Cl)(Br)CCC.